The molecule has 2 unspecified atom stereocenters. The lowest BCUT2D eigenvalue weighted by atomic mass is 9.84. The van der Waals surface area contributed by atoms with Gasteiger partial charge < -0.3 is 5.32 Å². The van der Waals surface area contributed by atoms with Gasteiger partial charge in [0.25, 0.3) is 5.69 Å². The standard InChI is InChI=1S/C15H23BrN2O2/c1-5-17-11(4)14(10(2)3)8-12-6-7-13(18(19)20)9-15(12)16/h6-7,9-11,14,17H,5,8H2,1-4H3. The van der Waals surface area contributed by atoms with E-state index < -0.39 is 0 Å². The Morgan fingerprint density at radius 3 is 2.45 bits per heavy atom. The van der Waals surface area contributed by atoms with Gasteiger partial charge in [-0.25, -0.2) is 0 Å². The summed E-state index contributed by atoms with van der Waals surface area (Å²) in [6.07, 6.45) is 0.907. The Bertz CT molecular complexity index is 463. The molecule has 0 amide bonds. The van der Waals surface area contributed by atoms with Crippen molar-refractivity contribution in [2.45, 2.75) is 40.2 Å². The number of nitro benzene ring substituents is 1. The highest BCUT2D eigenvalue weighted by molar-refractivity contribution is 9.10. The van der Waals surface area contributed by atoms with Crippen molar-refractivity contribution >= 4 is 21.6 Å². The summed E-state index contributed by atoms with van der Waals surface area (Å²) in [4.78, 5) is 10.4. The summed E-state index contributed by atoms with van der Waals surface area (Å²) in [5.74, 6) is 1.04. The number of nitro groups is 1. The Balaban J connectivity index is 2.91. The summed E-state index contributed by atoms with van der Waals surface area (Å²) < 4.78 is 0.820. The molecule has 0 saturated carbocycles. The first-order valence-corrected chi connectivity index (χ1v) is 7.82. The molecule has 0 spiro atoms. The van der Waals surface area contributed by atoms with Gasteiger partial charge in [0.2, 0.25) is 0 Å². The zero-order valence-corrected chi connectivity index (χ0v) is 14.1. The number of nitrogens with one attached hydrogen (secondary N) is 1. The minimum Gasteiger partial charge on any atom is -0.314 e. The third kappa shape index (κ3) is 4.56. The second kappa shape index (κ2) is 7.74. The van der Waals surface area contributed by atoms with E-state index in [1.54, 1.807) is 12.1 Å². The van der Waals surface area contributed by atoms with Crippen LogP contribution in [0.1, 0.15) is 33.3 Å². The van der Waals surface area contributed by atoms with E-state index in [2.05, 4.69) is 48.9 Å². The second-order valence-electron chi connectivity index (χ2n) is 5.49. The molecule has 112 valence electrons. The van der Waals surface area contributed by atoms with Crippen LogP contribution >= 0.6 is 15.9 Å². The summed E-state index contributed by atoms with van der Waals surface area (Å²) in [5, 5.41) is 14.2. The number of hydrogen-bond acceptors (Lipinski definition) is 3. The van der Waals surface area contributed by atoms with E-state index in [0.717, 1.165) is 23.0 Å². The van der Waals surface area contributed by atoms with Gasteiger partial charge in [0, 0.05) is 22.6 Å². The molecular formula is C15H23BrN2O2. The highest BCUT2D eigenvalue weighted by Gasteiger charge is 2.22. The Morgan fingerprint density at radius 2 is 2.00 bits per heavy atom. The minimum atomic E-state index is -0.365. The fraction of sp³-hybridized carbons (Fsp3) is 0.600. The molecule has 0 aliphatic rings. The topological polar surface area (TPSA) is 55.2 Å². The summed E-state index contributed by atoms with van der Waals surface area (Å²) in [6.45, 7) is 9.70. The number of halogens is 1. The van der Waals surface area contributed by atoms with E-state index in [0.29, 0.717) is 17.9 Å². The van der Waals surface area contributed by atoms with Crippen molar-refractivity contribution in [1.29, 1.82) is 0 Å². The van der Waals surface area contributed by atoms with Gasteiger partial charge in [0.15, 0.2) is 0 Å². The first kappa shape index (κ1) is 17.1. The van der Waals surface area contributed by atoms with Crippen LogP contribution in [0.5, 0.6) is 0 Å². The lowest BCUT2D eigenvalue weighted by Crippen LogP contribution is -2.37. The van der Waals surface area contributed by atoms with Crippen molar-refractivity contribution in [2.24, 2.45) is 11.8 Å². The quantitative estimate of drug-likeness (QED) is 0.597. The first-order chi connectivity index (χ1) is 9.36. The van der Waals surface area contributed by atoms with Crippen molar-refractivity contribution in [3.63, 3.8) is 0 Å². The molecule has 0 aromatic heterocycles. The molecule has 2 atom stereocenters. The van der Waals surface area contributed by atoms with Crippen LogP contribution in [-0.4, -0.2) is 17.5 Å². The van der Waals surface area contributed by atoms with Crippen LogP contribution in [0.3, 0.4) is 0 Å². The van der Waals surface area contributed by atoms with Crippen LogP contribution in [0.15, 0.2) is 22.7 Å². The summed E-state index contributed by atoms with van der Waals surface area (Å²) in [7, 11) is 0. The van der Waals surface area contributed by atoms with Gasteiger partial charge >= 0.3 is 0 Å². The van der Waals surface area contributed by atoms with E-state index in [1.165, 1.54) is 0 Å². The number of nitrogens with zero attached hydrogens (tertiary/aromatic N) is 1. The molecule has 4 nitrogen and oxygen atoms in total. The Labute approximate surface area is 129 Å². The van der Waals surface area contributed by atoms with Crippen LogP contribution in [0.25, 0.3) is 0 Å². The molecule has 20 heavy (non-hydrogen) atoms. The maximum absolute atomic E-state index is 10.8. The minimum absolute atomic E-state index is 0.126. The number of non-ortho nitro benzene ring substituents is 1. The van der Waals surface area contributed by atoms with Crippen LogP contribution in [0, 0.1) is 22.0 Å². The number of benzene rings is 1. The van der Waals surface area contributed by atoms with E-state index in [9.17, 15) is 10.1 Å². The predicted molar refractivity (Wildman–Crippen MR) is 86.0 cm³/mol. The van der Waals surface area contributed by atoms with Crippen LogP contribution < -0.4 is 5.32 Å². The van der Waals surface area contributed by atoms with Crippen molar-refractivity contribution < 1.29 is 4.92 Å². The molecule has 0 radical (unpaired) electrons. The Kier molecular flexibility index (Phi) is 6.62. The van der Waals surface area contributed by atoms with E-state index in [4.69, 9.17) is 0 Å². The SMILES string of the molecule is CCNC(C)C(Cc1ccc([N+](=O)[O-])cc1Br)C(C)C. The average molecular weight is 343 g/mol. The number of hydrogen-bond donors (Lipinski definition) is 1. The normalized spacial score (nSPS) is 14.3. The maximum atomic E-state index is 10.8. The highest BCUT2D eigenvalue weighted by Crippen LogP contribution is 2.28. The van der Waals surface area contributed by atoms with Crippen molar-refractivity contribution in [3.8, 4) is 0 Å². The van der Waals surface area contributed by atoms with E-state index in [1.807, 2.05) is 6.07 Å². The van der Waals surface area contributed by atoms with Gasteiger partial charge in [-0.3, -0.25) is 10.1 Å². The van der Waals surface area contributed by atoms with Crippen molar-refractivity contribution in [3.05, 3.63) is 38.3 Å². The second-order valence-corrected chi connectivity index (χ2v) is 6.35. The van der Waals surface area contributed by atoms with E-state index >= 15 is 0 Å². The van der Waals surface area contributed by atoms with Gasteiger partial charge in [0.1, 0.15) is 0 Å². The molecule has 0 fully saturated rings. The predicted octanol–water partition coefficient (Wildman–Crippen LogP) is 4.17. The molecule has 0 saturated heterocycles. The molecule has 0 bridgehead atoms. The fourth-order valence-electron chi connectivity index (χ4n) is 2.53. The molecule has 0 aliphatic carbocycles. The van der Waals surface area contributed by atoms with Crippen molar-refractivity contribution in [2.75, 3.05) is 6.54 Å². The monoisotopic (exact) mass is 342 g/mol. The van der Waals surface area contributed by atoms with Gasteiger partial charge in [-0.15, -0.1) is 0 Å². The van der Waals surface area contributed by atoms with Crippen LogP contribution in [-0.2, 0) is 6.42 Å². The third-order valence-corrected chi connectivity index (χ3v) is 4.47. The molecule has 1 aromatic carbocycles. The zero-order valence-electron chi connectivity index (χ0n) is 12.5. The van der Waals surface area contributed by atoms with Gasteiger partial charge in [-0.05, 0) is 37.3 Å². The van der Waals surface area contributed by atoms with Gasteiger partial charge in [-0.2, -0.15) is 0 Å². The molecular weight excluding hydrogens is 320 g/mol. The van der Waals surface area contributed by atoms with Crippen molar-refractivity contribution in [1.82, 2.24) is 5.32 Å². The third-order valence-electron chi connectivity index (χ3n) is 3.73. The first-order valence-electron chi connectivity index (χ1n) is 7.03. The molecule has 5 heteroatoms. The lowest BCUT2D eigenvalue weighted by Gasteiger charge is -2.28. The Hall–Kier alpha value is -0.940. The molecule has 1 aromatic rings. The smallest absolute Gasteiger partial charge is 0.270 e. The highest BCUT2D eigenvalue weighted by atomic mass is 79.9. The lowest BCUT2D eigenvalue weighted by molar-refractivity contribution is -0.384. The molecule has 0 aliphatic heterocycles. The van der Waals surface area contributed by atoms with Crippen LogP contribution in [0.2, 0.25) is 0 Å². The average Bonchev–Trinajstić information content (AvgIpc) is 2.36. The molecule has 1 N–H and O–H groups in total. The van der Waals surface area contributed by atoms with Gasteiger partial charge in [0.05, 0.1) is 4.92 Å². The van der Waals surface area contributed by atoms with E-state index in [-0.39, 0.29) is 10.6 Å². The van der Waals surface area contributed by atoms with Gasteiger partial charge in [-0.1, -0.05) is 42.8 Å². The summed E-state index contributed by atoms with van der Waals surface area (Å²) in [5.41, 5.74) is 1.25. The summed E-state index contributed by atoms with van der Waals surface area (Å²) >= 11 is 3.46. The Morgan fingerprint density at radius 1 is 1.35 bits per heavy atom. The maximum Gasteiger partial charge on any atom is 0.270 e. The number of rotatable bonds is 7. The fourth-order valence-corrected chi connectivity index (χ4v) is 3.06. The van der Waals surface area contributed by atoms with Crippen LogP contribution in [0.4, 0.5) is 5.69 Å². The molecule has 0 heterocycles. The largest absolute Gasteiger partial charge is 0.314 e. The molecule has 1 rings (SSSR count). The summed E-state index contributed by atoms with van der Waals surface area (Å²) in [6, 6.07) is 5.44. The zero-order chi connectivity index (χ0) is 15.3.